The van der Waals surface area contributed by atoms with Crippen molar-refractivity contribution in [2.75, 3.05) is 13.6 Å². The number of nitrogens with one attached hydrogen (secondary N) is 1. The van der Waals surface area contributed by atoms with Gasteiger partial charge in [0.1, 0.15) is 5.82 Å². The van der Waals surface area contributed by atoms with E-state index in [1.807, 2.05) is 13.8 Å². The van der Waals surface area contributed by atoms with Gasteiger partial charge in [-0.25, -0.2) is 4.39 Å². The van der Waals surface area contributed by atoms with Crippen molar-refractivity contribution in [1.29, 1.82) is 0 Å². The van der Waals surface area contributed by atoms with Gasteiger partial charge in [-0.3, -0.25) is 0 Å². The SMILES string of the molecule is CNCC(O)c1ccc(F)c(C(C)C)c1. The van der Waals surface area contributed by atoms with Gasteiger partial charge in [0.2, 0.25) is 0 Å². The molecular weight excluding hydrogens is 193 g/mol. The Labute approximate surface area is 90.1 Å². The molecule has 1 aromatic carbocycles. The second-order valence-corrected chi connectivity index (χ2v) is 4.01. The van der Waals surface area contributed by atoms with Gasteiger partial charge >= 0.3 is 0 Å². The van der Waals surface area contributed by atoms with Gasteiger partial charge in [0, 0.05) is 6.54 Å². The molecule has 1 atom stereocenters. The molecule has 2 N–H and O–H groups in total. The number of benzene rings is 1. The van der Waals surface area contributed by atoms with E-state index in [4.69, 9.17) is 0 Å². The van der Waals surface area contributed by atoms with Gasteiger partial charge in [-0.15, -0.1) is 0 Å². The maximum absolute atomic E-state index is 13.4. The Balaban J connectivity index is 2.96. The van der Waals surface area contributed by atoms with Crippen LogP contribution >= 0.6 is 0 Å². The number of hydrogen-bond donors (Lipinski definition) is 2. The molecular formula is C12H18FNO. The average Bonchev–Trinajstić information content (AvgIpc) is 2.18. The predicted octanol–water partition coefficient (Wildman–Crippen LogP) is 2.20. The maximum atomic E-state index is 13.4. The minimum atomic E-state index is -0.576. The molecule has 1 aromatic rings. The van der Waals surface area contributed by atoms with Crippen molar-refractivity contribution >= 4 is 0 Å². The first kappa shape index (κ1) is 12.1. The Morgan fingerprint density at radius 1 is 1.40 bits per heavy atom. The van der Waals surface area contributed by atoms with Gasteiger partial charge in [-0.2, -0.15) is 0 Å². The fourth-order valence-corrected chi connectivity index (χ4v) is 1.52. The van der Waals surface area contributed by atoms with Crippen LogP contribution in [0.15, 0.2) is 18.2 Å². The van der Waals surface area contributed by atoms with Crippen LogP contribution in [0.4, 0.5) is 4.39 Å². The Morgan fingerprint density at radius 2 is 2.07 bits per heavy atom. The van der Waals surface area contributed by atoms with E-state index in [9.17, 15) is 9.50 Å². The molecule has 0 spiro atoms. The van der Waals surface area contributed by atoms with Crippen molar-refractivity contribution in [2.45, 2.75) is 25.9 Å². The summed E-state index contributed by atoms with van der Waals surface area (Å²) in [6, 6.07) is 4.79. The summed E-state index contributed by atoms with van der Waals surface area (Å²) in [4.78, 5) is 0. The molecule has 0 fully saturated rings. The Kier molecular flexibility index (Phi) is 4.24. The lowest BCUT2D eigenvalue weighted by Crippen LogP contribution is -2.17. The highest BCUT2D eigenvalue weighted by Crippen LogP contribution is 2.22. The van der Waals surface area contributed by atoms with E-state index in [0.29, 0.717) is 12.1 Å². The average molecular weight is 211 g/mol. The number of halogens is 1. The molecule has 0 aliphatic rings. The van der Waals surface area contributed by atoms with E-state index in [1.165, 1.54) is 6.07 Å². The van der Waals surface area contributed by atoms with Crippen LogP contribution in [0.3, 0.4) is 0 Å². The number of aliphatic hydroxyl groups is 1. The first-order valence-corrected chi connectivity index (χ1v) is 5.18. The fourth-order valence-electron chi connectivity index (χ4n) is 1.52. The van der Waals surface area contributed by atoms with E-state index in [0.717, 1.165) is 5.56 Å². The van der Waals surface area contributed by atoms with Crippen LogP contribution in [0.5, 0.6) is 0 Å². The summed E-state index contributed by atoms with van der Waals surface area (Å²) in [5.74, 6) is -0.0721. The molecule has 84 valence electrons. The molecule has 1 unspecified atom stereocenters. The van der Waals surface area contributed by atoms with E-state index >= 15 is 0 Å². The molecule has 0 saturated carbocycles. The van der Waals surface area contributed by atoms with Crippen LogP contribution in [0.25, 0.3) is 0 Å². The monoisotopic (exact) mass is 211 g/mol. The second-order valence-electron chi connectivity index (χ2n) is 4.01. The van der Waals surface area contributed by atoms with E-state index in [1.54, 1.807) is 19.2 Å². The lowest BCUT2D eigenvalue weighted by Gasteiger charge is -2.14. The number of rotatable bonds is 4. The highest BCUT2D eigenvalue weighted by atomic mass is 19.1. The van der Waals surface area contributed by atoms with Crippen LogP contribution in [-0.4, -0.2) is 18.7 Å². The number of aliphatic hydroxyl groups excluding tert-OH is 1. The Morgan fingerprint density at radius 3 is 2.60 bits per heavy atom. The third kappa shape index (κ3) is 3.01. The summed E-state index contributed by atoms with van der Waals surface area (Å²) in [7, 11) is 1.77. The lowest BCUT2D eigenvalue weighted by molar-refractivity contribution is 0.177. The third-order valence-corrected chi connectivity index (χ3v) is 2.42. The summed E-state index contributed by atoms with van der Waals surface area (Å²) >= 11 is 0. The highest BCUT2D eigenvalue weighted by molar-refractivity contribution is 5.28. The van der Waals surface area contributed by atoms with E-state index in [-0.39, 0.29) is 11.7 Å². The number of hydrogen-bond acceptors (Lipinski definition) is 2. The topological polar surface area (TPSA) is 32.3 Å². The predicted molar refractivity (Wildman–Crippen MR) is 59.4 cm³/mol. The van der Waals surface area contributed by atoms with Crippen LogP contribution in [-0.2, 0) is 0 Å². The Bertz CT molecular complexity index is 325. The van der Waals surface area contributed by atoms with Crippen LogP contribution < -0.4 is 5.32 Å². The fraction of sp³-hybridized carbons (Fsp3) is 0.500. The van der Waals surface area contributed by atoms with Gasteiger partial charge in [0.15, 0.2) is 0 Å². The minimum Gasteiger partial charge on any atom is -0.387 e. The van der Waals surface area contributed by atoms with Gasteiger partial charge in [0.05, 0.1) is 6.10 Å². The molecule has 2 nitrogen and oxygen atoms in total. The highest BCUT2D eigenvalue weighted by Gasteiger charge is 2.11. The number of likely N-dealkylation sites (N-methyl/N-ethyl adjacent to an activating group) is 1. The molecule has 0 heterocycles. The van der Waals surface area contributed by atoms with Crippen LogP contribution in [0, 0.1) is 5.82 Å². The zero-order valence-corrected chi connectivity index (χ0v) is 9.42. The van der Waals surface area contributed by atoms with E-state index < -0.39 is 6.10 Å². The standard InChI is InChI=1S/C12H18FNO/c1-8(2)10-6-9(4-5-11(10)13)12(15)7-14-3/h4-6,8,12,14-15H,7H2,1-3H3. The smallest absolute Gasteiger partial charge is 0.126 e. The van der Waals surface area contributed by atoms with Crippen molar-refractivity contribution < 1.29 is 9.50 Å². The van der Waals surface area contributed by atoms with Gasteiger partial charge in [-0.1, -0.05) is 19.9 Å². The van der Waals surface area contributed by atoms with Crippen LogP contribution in [0.1, 0.15) is 37.0 Å². The summed E-state index contributed by atoms with van der Waals surface area (Å²) < 4.78 is 13.4. The first-order chi connectivity index (χ1) is 7.06. The second kappa shape index (κ2) is 5.24. The summed E-state index contributed by atoms with van der Waals surface area (Å²) in [6.45, 7) is 4.35. The molecule has 1 rings (SSSR count). The third-order valence-electron chi connectivity index (χ3n) is 2.42. The van der Waals surface area contributed by atoms with Crippen molar-refractivity contribution in [3.63, 3.8) is 0 Å². The van der Waals surface area contributed by atoms with Gasteiger partial charge < -0.3 is 10.4 Å². The van der Waals surface area contributed by atoms with Gasteiger partial charge in [-0.05, 0) is 36.2 Å². The van der Waals surface area contributed by atoms with Gasteiger partial charge in [0.25, 0.3) is 0 Å². The van der Waals surface area contributed by atoms with Crippen molar-refractivity contribution in [3.8, 4) is 0 Å². The molecule has 0 radical (unpaired) electrons. The normalized spacial score (nSPS) is 13.2. The zero-order chi connectivity index (χ0) is 11.4. The Hall–Kier alpha value is -0.930. The quantitative estimate of drug-likeness (QED) is 0.800. The summed E-state index contributed by atoms with van der Waals surface area (Å²) in [5, 5.41) is 12.6. The molecule has 0 saturated heterocycles. The molecule has 3 heteroatoms. The zero-order valence-electron chi connectivity index (χ0n) is 9.42. The molecule has 0 amide bonds. The van der Waals surface area contributed by atoms with Crippen molar-refractivity contribution in [3.05, 3.63) is 35.1 Å². The van der Waals surface area contributed by atoms with Crippen molar-refractivity contribution in [1.82, 2.24) is 5.32 Å². The maximum Gasteiger partial charge on any atom is 0.126 e. The first-order valence-electron chi connectivity index (χ1n) is 5.18. The molecule has 0 aromatic heterocycles. The van der Waals surface area contributed by atoms with Crippen LogP contribution in [0.2, 0.25) is 0 Å². The summed E-state index contributed by atoms with van der Waals surface area (Å²) in [6.07, 6.45) is -0.576. The molecule has 0 aliphatic heterocycles. The van der Waals surface area contributed by atoms with Crippen molar-refractivity contribution in [2.24, 2.45) is 0 Å². The summed E-state index contributed by atoms with van der Waals surface area (Å²) in [5.41, 5.74) is 1.41. The molecule has 0 bridgehead atoms. The lowest BCUT2D eigenvalue weighted by atomic mass is 9.98. The largest absolute Gasteiger partial charge is 0.387 e. The van der Waals surface area contributed by atoms with E-state index in [2.05, 4.69) is 5.32 Å². The molecule has 15 heavy (non-hydrogen) atoms. The minimum absolute atomic E-state index is 0.131. The molecule has 0 aliphatic carbocycles.